The zero-order valence-electron chi connectivity index (χ0n) is 16.0. The van der Waals surface area contributed by atoms with Crippen molar-refractivity contribution in [3.05, 3.63) is 59.7 Å². The first-order valence-electron chi connectivity index (χ1n) is 8.71. The van der Waals surface area contributed by atoms with Gasteiger partial charge in [-0.05, 0) is 36.4 Å². The van der Waals surface area contributed by atoms with Crippen LogP contribution in [0.2, 0.25) is 0 Å². The zero-order valence-corrected chi connectivity index (χ0v) is 16.8. The maximum absolute atomic E-state index is 13.1. The Morgan fingerprint density at radius 3 is 2.28 bits per heavy atom. The van der Waals surface area contributed by atoms with Crippen molar-refractivity contribution in [2.24, 2.45) is 0 Å². The molecule has 2 amide bonds. The lowest BCUT2D eigenvalue weighted by molar-refractivity contribution is -0.137. The fraction of sp³-hybridized carbons (Fsp3) is 0.222. The standard InChI is InChI=1S/C18H16F5N3O5S/c19-14-5-4-13(9-15(14)20)32(29,30)24-7-6-16(27)25-26-17(28)10-31-12-3-1-2-11(8-12)18(21,22)23/h1-5,8-9,24H,6-7,10H2,(H,25,27)(H,26,28). The quantitative estimate of drug-likeness (QED) is 0.394. The number of sulfonamides is 1. The van der Waals surface area contributed by atoms with Gasteiger partial charge in [0.25, 0.3) is 5.91 Å². The van der Waals surface area contributed by atoms with Crippen molar-refractivity contribution in [2.45, 2.75) is 17.5 Å². The van der Waals surface area contributed by atoms with E-state index in [1.165, 1.54) is 6.07 Å². The van der Waals surface area contributed by atoms with Crippen LogP contribution in [-0.2, 0) is 25.8 Å². The summed E-state index contributed by atoms with van der Waals surface area (Å²) in [6.07, 6.45) is -5.01. The first-order chi connectivity index (χ1) is 14.9. The van der Waals surface area contributed by atoms with Crippen molar-refractivity contribution < 1.29 is 44.7 Å². The molecular weight excluding hydrogens is 465 g/mol. The number of carbonyl (C=O) groups excluding carboxylic acids is 2. The summed E-state index contributed by atoms with van der Waals surface area (Å²) in [6.45, 7) is -1.13. The first-order valence-corrected chi connectivity index (χ1v) is 10.2. The third-order valence-corrected chi connectivity index (χ3v) is 5.18. The van der Waals surface area contributed by atoms with Crippen LogP contribution < -0.4 is 20.3 Å². The van der Waals surface area contributed by atoms with Gasteiger partial charge < -0.3 is 4.74 Å². The summed E-state index contributed by atoms with van der Waals surface area (Å²) in [5.41, 5.74) is 2.93. The number of alkyl halides is 3. The number of hydrogen-bond donors (Lipinski definition) is 3. The van der Waals surface area contributed by atoms with Gasteiger partial charge in [0.05, 0.1) is 10.5 Å². The van der Waals surface area contributed by atoms with Gasteiger partial charge >= 0.3 is 6.18 Å². The summed E-state index contributed by atoms with van der Waals surface area (Å²) in [4.78, 5) is 22.7. The maximum Gasteiger partial charge on any atom is 0.416 e. The molecule has 0 aliphatic carbocycles. The lowest BCUT2D eigenvalue weighted by Gasteiger charge is -2.11. The Bertz CT molecular complexity index is 1090. The van der Waals surface area contributed by atoms with E-state index in [0.29, 0.717) is 18.2 Å². The predicted octanol–water partition coefficient (Wildman–Crippen LogP) is 1.88. The molecule has 8 nitrogen and oxygen atoms in total. The number of benzene rings is 2. The predicted molar refractivity (Wildman–Crippen MR) is 99.4 cm³/mol. The van der Waals surface area contributed by atoms with Crippen molar-refractivity contribution in [3.63, 3.8) is 0 Å². The van der Waals surface area contributed by atoms with Gasteiger partial charge in [-0.3, -0.25) is 20.4 Å². The molecule has 0 radical (unpaired) electrons. The van der Waals surface area contributed by atoms with Gasteiger partial charge in [0.2, 0.25) is 15.9 Å². The van der Waals surface area contributed by atoms with E-state index in [4.69, 9.17) is 4.74 Å². The molecule has 0 aliphatic heterocycles. The van der Waals surface area contributed by atoms with Gasteiger partial charge in [0, 0.05) is 13.0 Å². The van der Waals surface area contributed by atoms with Crippen molar-refractivity contribution in [3.8, 4) is 5.75 Å². The molecule has 0 aliphatic rings. The Kier molecular flexibility index (Phi) is 8.10. The first kappa shape index (κ1) is 25.0. The molecule has 0 heterocycles. The molecule has 32 heavy (non-hydrogen) atoms. The molecule has 0 unspecified atom stereocenters. The Balaban J connectivity index is 1.73. The molecule has 2 aromatic carbocycles. The highest BCUT2D eigenvalue weighted by Gasteiger charge is 2.30. The minimum absolute atomic E-state index is 0.215. The molecule has 0 fully saturated rings. The number of nitrogens with one attached hydrogen (secondary N) is 3. The molecule has 174 valence electrons. The summed E-state index contributed by atoms with van der Waals surface area (Å²) in [6, 6.07) is 5.78. The molecule has 0 atom stereocenters. The Morgan fingerprint density at radius 1 is 0.938 bits per heavy atom. The van der Waals surface area contributed by atoms with Crippen molar-refractivity contribution in [2.75, 3.05) is 13.2 Å². The highest BCUT2D eigenvalue weighted by Crippen LogP contribution is 2.31. The number of hydrogen-bond acceptors (Lipinski definition) is 5. The number of amides is 2. The van der Waals surface area contributed by atoms with Gasteiger partial charge in [0.15, 0.2) is 18.2 Å². The van der Waals surface area contributed by atoms with Gasteiger partial charge in [-0.2, -0.15) is 13.2 Å². The van der Waals surface area contributed by atoms with Crippen LogP contribution in [0.1, 0.15) is 12.0 Å². The van der Waals surface area contributed by atoms with Crippen molar-refractivity contribution in [1.29, 1.82) is 0 Å². The smallest absolute Gasteiger partial charge is 0.416 e. The minimum atomic E-state index is -4.58. The van der Waals surface area contributed by atoms with E-state index in [0.717, 1.165) is 18.2 Å². The molecule has 2 aromatic rings. The second kappa shape index (κ2) is 10.4. The fourth-order valence-corrected chi connectivity index (χ4v) is 3.22. The fourth-order valence-electron chi connectivity index (χ4n) is 2.18. The van der Waals surface area contributed by atoms with E-state index >= 15 is 0 Å². The van der Waals surface area contributed by atoms with Crippen LogP contribution in [0.5, 0.6) is 5.75 Å². The Morgan fingerprint density at radius 2 is 1.62 bits per heavy atom. The maximum atomic E-state index is 13.1. The molecule has 0 bridgehead atoms. The minimum Gasteiger partial charge on any atom is -0.484 e. The molecule has 14 heteroatoms. The highest BCUT2D eigenvalue weighted by atomic mass is 32.2. The van der Waals surface area contributed by atoms with Gasteiger partial charge in [0.1, 0.15) is 5.75 Å². The summed E-state index contributed by atoms with van der Waals surface area (Å²) in [5.74, 6) is -4.51. The van der Waals surface area contributed by atoms with Crippen LogP contribution in [0.15, 0.2) is 47.4 Å². The highest BCUT2D eigenvalue weighted by molar-refractivity contribution is 7.89. The van der Waals surface area contributed by atoms with E-state index in [9.17, 15) is 40.0 Å². The van der Waals surface area contributed by atoms with Crippen LogP contribution in [0.3, 0.4) is 0 Å². The molecule has 0 saturated carbocycles. The zero-order chi connectivity index (χ0) is 23.9. The lowest BCUT2D eigenvalue weighted by Crippen LogP contribution is -2.44. The third-order valence-electron chi connectivity index (χ3n) is 3.72. The lowest BCUT2D eigenvalue weighted by atomic mass is 10.2. The SMILES string of the molecule is O=C(CCNS(=O)(=O)c1ccc(F)c(F)c1)NNC(=O)COc1cccc(C(F)(F)F)c1. The summed E-state index contributed by atoms with van der Waals surface area (Å²) >= 11 is 0. The van der Waals surface area contributed by atoms with Crippen LogP contribution in [0, 0.1) is 11.6 Å². The van der Waals surface area contributed by atoms with Crippen LogP contribution in [-0.4, -0.2) is 33.4 Å². The monoisotopic (exact) mass is 481 g/mol. The number of ether oxygens (including phenoxy) is 1. The van der Waals surface area contributed by atoms with Crippen LogP contribution in [0.25, 0.3) is 0 Å². The van der Waals surface area contributed by atoms with E-state index < -0.39 is 69.7 Å². The van der Waals surface area contributed by atoms with Crippen LogP contribution in [0.4, 0.5) is 22.0 Å². The number of halogens is 5. The Hall–Kier alpha value is -3.26. The Labute approximate surface area is 178 Å². The van der Waals surface area contributed by atoms with Crippen molar-refractivity contribution >= 4 is 21.8 Å². The number of carbonyl (C=O) groups is 2. The van der Waals surface area contributed by atoms with Gasteiger partial charge in [-0.1, -0.05) is 6.07 Å². The molecule has 0 aromatic heterocycles. The summed E-state index contributed by atoms with van der Waals surface area (Å²) < 4.78 is 94.7. The average Bonchev–Trinajstić information content (AvgIpc) is 2.72. The molecule has 2 rings (SSSR count). The number of hydrazine groups is 1. The largest absolute Gasteiger partial charge is 0.484 e. The third kappa shape index (κ3) is 7.46. The second-order valence-electron chi connectivity index (χ2n) is 6.13. The number of rotatable bonds is 8. The van der Waals surface area contributed by atoms with E-state index in [1.807, 2.05) is 15.6 Å². The second-order valence-corrected chi connectivity index (χ2v) is 7.90. The topological polar surface area (TPSA) is 114 Å². The van der Waals surface area contributed by atoms with E-state index in [1.54, 1.807) is 0 Å². The normalized spacial score (nSPS) is 11.7. The molecule has 0 saturated heterocycles. The molecule has 0 spiro atoms. The van der Waals surface area contributed by atoms with Crippen molar-refractivity contribution in [1.82, 2.24) is 15.6 Å². The summed E-state index contributed by atoms with van der Waals surface area (Å²) in [5, 5.41) is 0. The summed E-state index contributed by atoms with van der Waals surface area (Å²) in [7, 11) is -4.20. The molecular formula is C18H16F5N3O5S. The van der Waals surface area contributed by atoms with Crippen LogP contribution >= 0.6 is 0 Å². The average molecular weight is 481 g/mol. The molecule has 3 N–H and O–H groups in total. The van der Waals surface area contributed by atoms with E-state index in [2.05, 4.69) is 0 Å². The van der Waals surface area contributed by atoms with Gasteiger partial charge in [-0.25, -0.2) is 21.9 Å². The van der Waals surface area contributed by atoms with E-state index in [-0.39, 0.29) is 5.75 Å². The van der Waals surface area contributed by atoms with Gasteiger partial charge in [-0.15, -0.1) is 0 Å².